The Bertz CT molecular complexity index is 401. The highest BCUT2D eigenvalue weighted by molar-refractivity contribution is 8.14. The standard InChI is InChI=1S/C4H2ClF3N2O2S2/c5-14(11,12)3(4(6,7)8)2-1-13-10-9-2/h1,3H. The lowest BCUT2D eigenvalue weighted by Gasteiger charge is -2.13. The zero-order valence-electron chi connectivity index (χ0n) is 6.19. The molecule has 1 atom stereocenters. The summed E-state index contributed by atoms with van der Waals surface area (Å²) in [6, 6.07) is 0. The van der Waals surface area contributed by atoms with E-state index in [-0.39, 0.29) is 0 Å². The van der Waals surface area contributed by atoms with E-state index >= 15 is 0 Å². The van der Waals surface area contributed by atoms with E-state index in [9.17, 15) is 21.6 Å². The fraction of sp³-hybridized carbons (Fsp3) is 0.500. The van der Waals surface area contributed by atoms with Gasteiger partial charge in [0.15, 0.2) is 0 Å². The average molecular weight is 267 g/mol. The number of hydrogen-bond donors (Lipinski definition) is 0. The SMILES string of the molecule is O=S(=O)(Cl)C(c1csnn1)C(F)(F)F. The molecule has 0 aliphatic carbocycles. The molecule has 0 bridgehead atoms. The highest BCUT2D eigenvalue weighted by atomic mass is 35.7. The van der Waals surface area contributed by atoms with E-state index < -0.39 is 26.2 Å². The Morgan fingerprint density at radius 2 is 2.07 bits per heavy atom. The lowest BCUT2D eigenvalue weighted by molar-refractivity contribution is -0.131. The van der Waals surface area contributed by atoms with Crippen molar-refractivity contribution in [3.05, 3.63) is 11.1 Å². The first-order valence-corrected chi connectivity index (χ1v) is 6.21. The molecule has 1 heterocycles. The lowest BCUT2D eigenvalue weighted by Crippen LogP contribution is -2.26. The molecule has 1 unspecified atom stereocenters. The van der Waals surface area contributed by atoms with Gasteiger partial charge in [-0.05, 0) is 11.5 Å². The lowest BCUT2D eigenvalue weighted by atomic mass is 10.3. The van der Waals surface area contributed by atoms with E-state index in [0.717, 1.165) is 5.38 Å². The highest BCUT2D eigenvalue weighted by Gasteiger charge is 2.50. The number of hydrogen-bond acceptors (Lipinski definition) is 5. The molecule has 0 aromatic carbocycles. The van der Waals surface area contributed by atoms with Gasteiger partial charge < -0.3 is 0 Å². The minimum Gasteiger partial charge on any atom is -0.211 e. The number of rotatable bonds is 2. The number of nitrogens with zero attached hydrogens (tertiary/aromatic N) is 2. The van der Waals surface area contributed by atoms with Crippen molar-refractivity contribution in [2.75, 3.05) is 0 Å². The molecule has 0 fully saturated rings. The van der Waals surface area contributed by atoms with Crippen molar-refractivity contribution >= 4 is 31.3 Å². The fourth-order valence-electron chi connectivity index (χ4n) is 0.758. The summed E-state index contributed by atoms with van der Waals surface area (Å²) in [7, 11) is -0.130. The fourth-order valence-corrected chi connectivity index (χ4v) is 2.62. The van der Waals surface area contributed by atoms with Crippen LogP contribution >= 0.6 is 22.2 Å². The molecule has 80 valence electrons. The van der Waals surface area contributed by atoms with Crippen LogP contribution in [0.25, 0.3) is 0 Å². The summed E-state index contributed by atoms with van der Waals surface area (Å²) in [4.78, 5) is 0. The van der Waals surface area contributed by atoms with E-state index in [2.05, 4.69) is 20.3 Å². The van der Waals surface area contributed by atoms with Crippen molar-refractivity contribution in [1.29, 1.82) is 0 Å². The summed E-state index contributed by atoms with van der Waals surface area (Å²) in [6.45, 7) is 0. The number of alkyl halides is 3. The summed E-state index contributed by atoms with van der Waals surface area (Å²) < 4.78 is 61.2. The molecule has 0 saturated heterocycles. The van der Waals surface area contributed by atoms with Crippen molar-refractivity contribution in [2.24, 2.45) is 0 Å². The van der Waals surface area contributed by atoms with Crippen LogP contribution in [0, 0.1) is 0 Å². The predicted molar refractivity (Wildman–Crippen MR) is 43.5 cm³/mol. The molecule has 0 radical (unpaired) electrons. The van der Waals surface area contributed by atoms with Gasteiger partial charge in [-0.25, -0.2) is 8.42 Å². The second-order valence-electron chi connectivity index (χ2n) is 2.23. The Morgan fingerprint density at radius 3 is 2.36 bits per heavy atom. The Balaban J connectivity index is 3.22. The maximum atomic E-state index is 12.3. The van der Waals surface area contributed by atoms with Gasteiger partial charge >= 0.3 is 6.18 Å². The van der Waals surface area contributed by atoms with Crippen LogP contribution in [0.5, 0.6) is 0 Å². The van der Waals surface area contributed by atoms with Gasteiger partial charge in [-0.15, -0.1) is 5.10 Å². The van der Waals surface area contributed by atoms with Crippen LogP contribution in [0.1, 0.15) is 10.9 Å². The van der Waals surface area contributed by atoms with Gasteiger partial charge in [-0.3, -0.25) is 0 Å². The van der Waals surface area contributed by atoms with E-state index in [1.54, 1.807) is 0 Å². The molecule has 4 nitrogen and oxygen atoms in total. The van der Waals surface area contributed by atoms with Gasteiger partial charge in [0.25, 0.3) is 0 Å². The molecule has 10 heteroatoms. The third kappa shape index (κ3) is 2.55. The first-order valence-electron chi connectivity index (χ1n) is 3.00. The topological polar surface area (TPSA) is 59.9 Å². The Kier molecular flexibility index (Phi) is 3.02. The summed E-state index contributed by atoms with van der Waals surface area (Å²) in [6.07, 6.45) is -4.99. The molecule has 0 saturated carbocycles. The zero-order chi connectivity index (χ0) is 11.0. The first-order chi connectivity index (χ1) is 6.23. The minimum absolute atomic E-state index is 0.616. The molecule has 0 aliphatic rings. The molecule has 1 aromatic rings. The van der Waals surface area contributed by atoms with Crippen molar-refractivity contribution in [3.8, 4) is 0 Å². The Hall–Kier alpha value is -0.410. The number of aromatic nitrogens is 2. The highest BCUT2D eigenvalue weighted by Crippen LogP contribution is 2.40. The Morgan fingerprint density at radius 1 is 1.50 bits per heavy atom. The largest absolute Gasteiger partial charge is 0.412 e. The first kappa shape index (κ1) is 11.7. The van der Waals surface area contributed by atoms with Gasteiger partial charge in [-0.1, -0.05) is 4.49 Å². The van der Waals surface area contributed by atoms with E-state index in [4.69, 9.17) is 0 Å². The molecule has 1 aromatic heterocycles. The van der Waals surface area contributed by atoms with E-state index in [1.807, 2.05) is 0 Å². The van der Waals surface area contributed by atoms with Crippen molar-refractivity contribution in [1.82, 2.24) is 9.59 Å². The summed E-state index contributed by atoms with van der Waals surface area (Å²) >= 11 is 0.616. The normalized spacial score (nSPS) is 15.4. The van der Waals surface area contributed by atoms with Crippen molar-refractivity contribution in [3.63, 3.8) is 0 Å². The van der Waals surface area contributed by atoms with Crippen LogP contribution in [-0.4, -0.2) is 24.2 Å². The summed E-state index contributed by atoms with van der Waals surface area (Å²) in [5.41, 5.74) is -0.711. The van der Waals surface area contributed by atoms with Gasteiger partial charge in [0.1, 0.15) is 5.69 Å². The maximum Gasteiger partial charge on any atom is 0.412 e. The van der Waals surface area contributed by atoms with Crippen LogP contribution in [0.15, 0.2) is 5.38 Å². The zero-order valence-corrected chi connectivity index (χ0v) is 8.58. The third-order valence-electron chi connectivity index (χ3n) is 1.22. The van der Waals surface area contributed by atoms with Crippen molar-refractivity contribution < 1.29 is 21.6 Å². The summed E-state index contributed by atoms with van der Waals surface area (Å²) in [5.74, 6) is 0. The summed E-state index contributed by atoms with van der Waals surface area (Å²) in [5, 5.41) is 1.11. The third-order valence-corrected chi connectivity index (χ3v) is 3.35. The van der Waals surface area contributed by atoms with E-state index in [0.29, 0.717) is 11.5 Å². The smallest absolute Gasteiger partial charge is 0.211 e. The predicted octanol–water partition coefficient (Wildman–Crippen LogP) is 1.71. The van der Waals surface area contributed by atoms with Crippen molar-refractivity contribution in [2.45, 2.75) is 11.4 Å². The average Bonchev–Trinajstić information content (AvgIpc) is 2.31. The van der Waals surface area contributed by atoms with Crippen LogP contribution < -0.4 is 0 Å². The van der Waals surface area contributed by atoms with Crippen LogP contribution in [0.2, 0.25) is 0 Å². The minimum atomic E-state index is -4.99. The number of halogens is 4. The van der Waals surface area contributed by atoms with Gasteiger partial charge in [0.2, 0.25) is 14.3 Å². The van der Waals surface area contributed by atoms with Gasteiger partial charge in [0, 0.05) is 16.1 Å². The Labute approximate surface area is 85.3 Å². The van der Waals surface area contributed by atoms with Crippen LogP contribution in [-0.2, 0) is 9.05 Å². The molecule has 0 aliphatic heterocycles. The van der Waals surface area contributed by atoms with Gasteiger partial charge in [0.05, 0.1) is 0 Å². The second-order valence-corrected chi connectivity index (χ2v) is 5.55. The molecule has 14 heavy (non-hydrogen) atoms. The van der Waals surface area contributed by atoms with Crippen LogP contribution in [0.4, 0.5) is 13.2 Å². The van der Waals surface area contributed by atoms with Gasteiger partial charge in [-0.2, -0.15) is 13.2 Å². The molecule has 0 N–H and O–H groups in total. The molecule has 1 rings (SSSR count). The molecular formula is C4H2ClF3N2O2S2. The van der Waals surface area contributed by atoms with Crippen LogP contribution in [0.3, 0.4) is 0 Å². The molecule has 0 spiro atoms. The second kappa shape index (κ2) is 3.63. The molecule has 0 amide bonds. The monoisotopic (exact) mass is 266 g/mol. The maximum absolute atomic E-state index is 12.3. The molecular weight excluding hydrogens is 265 g/mol. The van der Waals surface area contributed by atoms with E-state index in [1.165, 1.54) is 0 Å². The quantitative estimate of drug-likeness (QED) is 0.765.